The molecule has 0 unspecified atom stereocenters. The van der Waals surface area contributed by atoms with Crippen LogP contribution in [0.2, 0.25) is 0 Å². The zero-order valence-electron chi connectivity index (χ0n) is 12.3. The van der Waals surface area contributed by atoms with Crippen molar-refractivity contribution in [1.82, 2.24) is 9.88 Å². The zero-order chi connectivity index (χ0) is 15.9. The molecular formula is C15H18BrN3O3. The molecule has 2 atom stereocenters. The fraction of sp³-hybridized carbons (Fsp3) is 0.533. The molecule has 6 nitrogen and oxygen atoms in total. The van der Waals surface area contributed by atoms with Crippen LogP contribution < -0.4 is 5.32 Å². The highest BCUT2D eigenvalue weighted by Crippen LogP contribution is 2.48. The molecule has 1 aliphatic carbocycles. The lowest BCUT2D eigenvalue weighted by Crippen LogP contribution is -2.38. The van der Waals surface area contributed by atoms with Gasteiger partial charge in [0.1, 0.15) is 0 Å². The number of likely N-dealkylation sites (tertiary alicyclic amines) is 1. The Labute approximate surface area is 137 Å². The number of aliphatic carboxylic acids is 1. The van der Waals surface area contributed by atoms with Crippen LogP contribution in [0, 0.1) is 18.3 Å². The molecule has 0 spiro atoms. The van der Waals surface area contributed by atoms with Crippen molar-refractivity contribution in [2.24, 2.45) is 11.3 Å². The predicted molar refractivity (Wildman–Crippen MR) is 84.7 cm³/mol. The van der Waals surface area contributed by atoms with Crippen molar-refractivity contribution in [3.63, 3.8) is 0 Å². The van der Waals surface area contributed by atoms with Gasteiger partial charge in [0, 0.05) is 23.8 Å². The Morgan fingerprint density at radius 3 is 3.00 bits per heavy atom. The first-order valence-corrected chi connectivity index (χ1v) is 8.13. The van der Waals surface area contributed by atoms with Gasteiger partial charge in [-0.2, -0.15) is 0 Å². The number of carbonyl (C=O) groups is 2. The van der Waals surface area contributed by atoms with Crippen molar-refractivity contribution in [3.8, 4) is 0 Å². The first-order valence-electron chi connectivity index (χ1n) is 7.34. The molecule has 1 aromatic rings. The second kappa shape index (κ2) is 5.53. The summed E-state index contributed by atoms with van der Waals surface area (Å²) in [4.78, 5) is 29.9. The maximum atomic E-state index is 12.5. The van der Waals surface area contributed by atoms with Gasteiger partial charge in [0.05, 0.1) is 16.8 Å². The molecule has 0 aromatic carbocycles. The van der Waals surface area contributed by atoms with Crippen molar-refractivity contribution in [3.05, 3.63) is 22.4 Å². The van der Waals surface area contributed by atoms with Gasteiger partial charge in [-0.15, -0.1) is 0 Å². The Kier molecular flexibility index (Phi) is 3.84. The molecule has 1 saturated heterocycles. The number of hydrogen-bond donors (Lipinski definition) is 2. The number of nitrogens with one attached hydrogen (secondary N) is 1. The van der Waals surface area contributed by atoms with Crippen molar-refractivity contribution < 1.29 is 14.7 Å². The van der Waals surface area contributed by atoms with Gasteiger partial charge in [-0.05, 0) is 47.7 Å². The number of pyridine rings is 1. The molecule has 7 heteroatoms. The van der Waals surface area contributed by atoms with E-state index in [9.17, 15) is 14.7 Å². The van der Waals surface area contributed by atoms with E-state index >= 15 is 0 Å². The molecule has 0 radical (unpaired) electrons. The Hall–Kier alpha value is -1.63. The molecule has 2 aliphatic rings. The van der Waals surface area contributed by atoms with Crippen molar-refractivity contribution in [1.29, 1.82) is 0 Å². The van der Waals surface area contributed by atoms with Crippen LogP contribution in [0.3, 0.4) is 0 Å². The summed E-state index contributed by atoms with van der Waals surface area (Å²) in [5.74, 6) is -0.705. The largest absolute Gasteiger partial charge is 0.481 e. The summed E-state index contributed by atoms with van der Waals surface area (Å²) in [6, 6.07) is 1.54. The fourth-order valence-corrected chi connectivity index (χ4v) is 3.95. The van der Waals surface area contributed by atoms with E-state index in [1.165, 1.54) is 0 Å². The Balaban J connectivity index is 1.75. The number of aromatic nitrogens is 1. The summed E-state index contributed by atoms with van der Waals surface area (Å²) in [5.41, 5.74) is 0.617. The third-order valence-corrected chi connectivity index (χ3v) is 5.31. The number of hydrogen-bond acceptors (Lipinski definition) is 3. The minimum atomic E-state index is -0.773. The third-order valence-electron chi connectivity index (χ3n) is 4.88. The van der Waals surface area contributed by atoms with E-state index in [1.54, 1.807) is 17.2 Å². The summed E-state index contributed by atoms with van der Waals surface area (Å²) < 4.78 is 0.786. The summed E-state index contributed by atoms with van der Waals surface area (Å²) in [6.45, 7) is 2.62. The summed E-state index contributed by atoms with van der Waals surface area (Å²) in [7, 11) is 0. The molecule has 22 heavy (non-hydrogen) atoms. The van der Waals surface area contributed by atoms with E-state index in [0.29, 0.717) is 25.2 Å². The predicted octanol–water partition coefficient (Wildman–Crippen LogP) is 2.87. The Morgan fingerprint density at radius 1 is 1.55 bits per heavy atom. The lowest BCUT2D eigenvalue weighted by molar-refractivity contribution is -0.149. The van der Waals surface area contributed by atoms with Gasteiger partial charge in [-0.25, -0.2) is 4.79 Å². The van der Waals surface area contributed by atoms with Crippen molar-refractivity contribution >= 4 is 33.6 Å². The van der Waals surface area contributed by atoms with Gasteiger partial charge in [0.15, 0.2) is 0 Å². The van der Waals surface area contributed by atoms with Crippen LogP contribution in [0.15, 0.2) is 16.7 Å². The van der Waals surface area contributed by atoms with Crippen LogP contribution >= 0.6 is 15.9 Å². The SMILES string of the molecule is Cc1ncc(Br)cc1NC(=O)N1C[C@@H]2CCC[C@@]2(C(=O)O)C1. The maximum Gasteiger partial charge on any atom is 0.321 e. The van der Waals surface area contributed by atoms with Gasteiger partial charge in [-0.1, -0.05) is 6.42 Å². The minimum Gasteiger partial charge on any atom is -0.481 e. The van der Waals surface area contributed by atoms with E-state index in [1.807, 2.05) is 6.92 Å². The number of urea groups is 1. The molecule has 1 aromatic heterocycles. The Morgan fingerprint density at radius 2 is 2.32 bits per heavy atom. The lowest BCUT2D eigenvalue weighted by atomic mass is 9.81. The molecule has 1 saturated carbocycles. The third kappa shape index (κ3) is 2.47. The van der Waals surface area contributed by atoms with Crippen LogP contribution in [-0.4, -0.2) is 40.1 Å². The average molecular weight is 368 g/mol. The number of rotatable bonds is 2. The monoisotopic (exact) mass is 367 g/mol. The van der Waals surface area contributed by atoms with Crippen LogP contribution in [0.1, 0.15) is 25.0 Å². The number of fused-ring (bicyclic) bond motifs is 1. The summed E-state index contributed by atoms with van der Waals surface area (Å²) in [5, 5.41) is 12.4. The quantitative estimate of drug-likeness (QED) is 0.841. The fourth-order valence-electron chi connectivity index (χ4n) is 3.62. The van der Waals surface area contributed by atoms with E-state index < -0.39 is 11.4 Å². The number of carboxylic acids is 1. The minimum absolute atomic E-state index is 0.0671. The second-order valence-electron chi connectivity index (χ2n) is 6.15. The first kappa shape index (κ1) is 15.3. The molecule has 2 N–H and O–H groups in total. The average Bonchev–Trinajstić information content (AvgIpc) is 3.00. The van der Waals surface area contributed by atoms with Crippen LogP contribution in [0.25, 0.3) is 0 Å². The maximum absolute atomic E-state index is 12.5. The topological polar surface area (TPSA) is 82.5 Å². The van der Waals surface area contributed by atoms with E-state index in [-0.39, 0.29) is 11.9 Å². The summed E-state index contributed by atoms with van der Waals surface area (Å²) in [6.07, 6.45) is 4.15. The van der Waals surface area contributed by atoms with Gasteiger partial charge < -0.3 is 15.3 Å². The molecule has 0 bridgehead atoms. The van der Waals surface area contributed by atoms with Crippen molar-refractivity contribution in [2.45, 2.75) is 26.2 Å². The number of carbonyl (C=O) groups excluding carboxylic acids is 1. The number of anilines is 1. The number of aryl methyl sites for hydroxylation is 1. The molecule has 2 amide bonds. The number of amides is 2. The smallest absolute Gasteiger partial charge is 0.321 e. The first-order chi connectivity index (χ1) is 10.4. The second-order valence-corrected chi connectivity index (χ2v) is 7.06. The molecule has 118 valence electrons. The van der Waals surface area contributed by atoms with E-state index in [4.69, 9.17) is 0 Å². The van der Waals surface area contributed by atoms with Gasteiger partial charge in [0.25, 0.3) is 0 Å². The highest BCUT2D eigenvalue weighted by atomic mass is 79.9. The molecule has 3 rings (SSSR count). The molecule has 1 aliphatic heterocycles. The number of nitrogens with zero attached hydrogens (tertiary/aromatic N) is 2. The van der Waals surface area contributed by atoms with Gasteiger partial charge in [0.2, 0.25) is 0 Å². The normalized spacial score (nSPS) is 26.8. The highest BCUT2D eigenvalue weighted by Gasteiger charge is 2.55. The highest BCUT2D eigenvalue weighted by molar-refractivity contribution is 9.10. The Bertz CT molecular complexity index is 636. The zero-order valence-corrected chi connectivity index (χ0v) is 13.9. The van der Waals surface area contributed by atoms with Crippen molar-refractivity contribution in [2.75, 3.05) is 18.4 Å². The summed E-state index contributed by atoms with van der Waals surface area (Å²) >= 11 is 3.33. The lowest BCUT2D eigenvalue weighted by Gasteiger charge is -2.23. The number of halogens is 1. The van der Waals surface area contributed by atoms with Crippen LogP contribution in [0.4, 0.5) is 10.5 Å². The molecular weight excluding hydrogens is 350 g/mol. The number of carboxylic acid groups (broad SMARTS) is 1. The molecule has 2 heterocycles. The van der Waals surface area contributed by atoms with E-state index in [0.717, 1.165) is 23.0 Å². The van der Waals surface area contributed by atoms with Crippen LogP contribution in [0.5, 0.6) is 0 Å². The standard InChI is InChI=1S/C15H18BrN3O3/c1-9-12(5-11(16)6-17-9)18-14(22)19-7-10-3-2-4-15(10,8-19)13(20)21/h5-6,10H,2-4,7-8H2,1H3,(H,18,22)(H,20,21)/t10-,15+/m0/s1. The molecule has 2 fully saturated rings. The van der Waals surface area contributed by atoms with Gasteiger partial charge >= 0.3 is 12.0 Å². The van der Waals surface area contributed by atoms with Crippen LogP contribution in [-0.2, 0) is 4.79 Å². The van der Waals surface area contributed by atoms with Gasteiger partial charge in [-0.3, -0.25) is 9.78 Å². The van der Waals surface area contributed by atoms with E-state index in [2.05, 4.69) is 26.2 Å².